The second-order valence-electron chi connectivity index (χ2n) is 12.8. The Labute approximate surface area is 233 Å². The van der Waals surface area contributed by atoms with E-state index < -0.39 is 69.9 Å². The topological polar surface area (TPSA) is 136 Å². The molecule has 1 aromatic carbocycles. The molecule has 1 aliphatic heterocycles. The summed E-state index contributed by atoms with van der Waals surface area (Å²) in [5.74, 6) is -4.68. The van der Waals surface area contributed by atoms with Crippen LogP contribution in [-0.2, 0) is 28.6 Å². The molecule has 1 unspecified atom stereocenters. The fraction of sp³-hybridized carbons (Fsp3) is 0.613. The van der Waals surface area contributed by atoms with Gasteiger partial charge in [0.1, 0.15) is 29.7 Å². The normalized spacial score (nSPS) is 42.0. The average molecular weight is 555 g/mol. The van der Waals surface area contributed by atoms with E-state index in [1.807, 2.05) is 6.92 Å². The van der Waals surface area contributed by atoms with Gasteiger partial charge in [-0.05, 0) is 42.5 Å². The average Bonchev–Trinajstić information content (AvgIpc) is 2.90. The van der Waals surface area contributed by atoms with Crippen molar-refractivity contribution in [2.75, 3.05) is 6.61 Å². The number of fused-ring (bicyclic) bond motifs is 5. The van der Waals surface area contributed by atoms with Gasteiger partial charge in [-0.25, -0.2) is 4.79 Å². The number of Topliss-reactive ketones (excluding diaryl/α,β-unsaturated/α-hetero) is 2. The highest BCUT2D eigenvalue weighted by molar-refractivity contribution is 6.04. The van der Waals surface area contributed by atoms with Crippen molar-refractivity contribution < 1.29 is 43.6 Å². The number of carbonyl (C=O) groups is 4. The molecule has 2 saturated carbocycles. The Morgan fingerprint density at radius 1 is 1.07 bits per heavy atom. The number of ether oxygens (including phenoxy) is 3. The summed E-state index contributed by atoms with van der Waals surface area (Å²) in [6.07, 6.45) is -3.85. The second-order valence-corrected chi connectivity index (χ2v) is 12.8. The number of rotatable bonds is 3. The number of hydrogen-bond acceptors (Lipinski definition) is 9. The van der Waals surface area contributed by atoms with Crippen molar-refractivity contribution in [2.24, 2.45) is 28.6 Å². The van der Waals surface area contributed by atoms with Crippen LogP contribution in [0.15, 0.2) is 41.5 Å². The van der Waals surface area contributed by atoms with Crippen LogP contribution in [0.5, 0.6) is 0 Å². The van der Waals surface area contributed by atoms with Crippen LogP contribution in [0.1, 0.15) is 65.2 Å². The zero-order valence-electron chi connectivity index (χ0n) is 24.0. The standard InChI is InChI=1S/C31H38O9/c1-15-13-20-30(14-38-20,40-18(4)32)23-26(39-27(36)19-11-9-8-10-12-19)31(37)25(35)22(33)16(2)21(28(31,5)6)17(3)24(34)29(15,23)7/h8-12,15,17,20,23,25-26,35,37H,13-14H2,1-7H3/t15-,17+,20?,23-,25-,26-,29+,30-,31+/m0/s1. The van der Waals surface area contributed by atoms with Crippen LogP contribution in [-0.4, -0.2) is 69.8 Å². The molecule has 2 N–H and O–H groups in total. The van der Waals surface area contributed by atoms with Crippen molar-refractivity contribution in [3.63, 3.8) is 0 Å². The molecule has 0 aromatic heterocycles. The van der Waals surface area contributed by atoms with Crippen LogP contribution in [0.3, 0.4) is 0 Å². The fourth-order valence-electron chi connectivity index (χ4n) is 8.40. The number of aliphatic hydroxyl groups excluding tert-OH is 1. The third-order valence-electron chi connectivity index (χ3n) is 10.6. The molecule has 9 atom stereocenters. The molecule has 40 heavy (non-hydrogen) atoms. The quantitative estimate of drug-likeness (QED) is 0.541. The van der Waals surface area contributed by atoms with E-state index in [1.165, 1.54) is 6.92 Å². The summed E-state index contributed by atoms with van der Waals surface area (Å²) in [7, 11) is 0. The Bertz CT molecular complexity index is 1320. The van der Waals surface area contributed by atoms with Crippen LogP contribution in [0.4, 0.5) is 0 Å². The van der Waals surface area contributed by atoms with Crippen molar-refractivity contribution >= 4 is 23.5 Å². The van der Waals surface area contributed by atoms with Crippen LogP contribution >= 0.6 is 0 Å². The molecule has 0 spiro atoms. The van der Waals surface area contributed by atoms with Gasteiger partial charge < -0.3 is 24.4 Å². The predicted molar refractivity (Wildman–Crippen MR) is 142 cm³/mol. The van der Waals surface area contributed by atoms with Gasteiger partial charge in [-0.2, -0.15) is 0 Å². The molecule has 4 aliphatic rings. The minimum Gasteiger partial charge on any atom is -0.455 e. The van der Waals surface area contributed by atoms with E-state index in [9.17, 15) is 29.4 Å². The third-order valence-corrected chi connectivity index (χ3v) is 10.6. The molecule has 1 aromatic rings. The highest BCUT2D eigenvalue weighted by Gasteiger charge is 2.78. The van der Waals surface area contributed by atoms with Gasteiger partial charge in [-0.15, -0.1) is 0 Å². The molecular formula is C31H38O9. The third kappa shape index (κ3) is 3.43. The first-order chi connectivity index (χ1) is 18.6. The zero-order valence-corrected chi connectivity index (χ0v) is 24.0. The van der Waals surface area contributed by atoms with Gasteiger partial charge in [0.25, 0.3) is 0 Å². The number of esters is 2. The number of hydrogen-bond donors (Lipinski definition) is 2. The predicted octanol–water partition coefficient (Wildman–Crippen LogP) is 2.81. The van der Waals surface area contributed by atoms with Crippen molar-refractivity contribution in [3.8, 4) is 0 Å². The maximum Gasteiger partial charge on any atom is 0.338 e. The number of carbonyl (C=O) groups excluding carboxylic acids is 4. The van der Waals surface area contributed by atoms with Crippen molar-refractivity contribution in [2.45, 2.75) is 84.4 Å². The van der Waals surface area contributed by atoms with E-state index >= 15 is 0 Å². The van der Waals surface area contributed by atoms with Crippen molar-refractivity contribution in [3.05, 3.63) is 47.0 Å². The van der Waals surface area contributed by atoms with Crippen LogP contribution in [0, 0.1) is 28.6 Å². The maximum absolute atomic E-state index is 14.7. The highest BCUT2D eigenvalue weighted by atomic mass is 16.6. The van der Waals surface area contributed by atoms with Gasteiger partial charge in [0.15, 0.2) is 11.4 Å². The molecule has 9 heteroatoms. The lowest BCUT2D eigenvalue weighted by Gasteiger charge is -2.68. The first kappa shape index (κ1) is 28.6. The highest BCUT2D eigenvalue weighted by Crippen LogP contribution is 2.65. The summed E-state index contributed by atoms with van der Waals surface area (Å²) in [6.45, 7) is 11.4. The lowest BCUT2D eigenvalue weighted by molar-refractivity contribution is -0.342. The Kier molecular flexibility index (Phi) is 6.49. The molecule has 3 aliphatic carbocycles. The number of ketones is 2. The Morgan fingerprint density at radius 2 is 1.70 bits per heavy atom. The Morgan fingerprint density at radius 3 is 2.25 bits per heavy atom. The molecule has 5 rings (SSSR count). The van der Waals surface area contributed by atoms with Crippen molar-refractivity contribution in [1.82, 2.24) is 0 Å². The smallest absolute Gasteiger partial charge is 0.338 e. The van der Waals surface area contributed by atoms with E-state index in [4.69, 9.17) is 14.2 Å². The molecule has 1 saturated heterocycles. The number of aliphatic hydroxyl groups is 2. The molecule has 2 bridgehead atoms. The monoisotopic (exact) mass is 554 g/mol. The van der Waals surface area contributed by atoms with E-state index in [1.54, 1.807) is 65.0 Å². The van der Waals surface area contributed by atoms with Crippen LogP contribution < -0.4 is 0 Å². The van der Waals surface area contributed by atoms with Crippen LogP contribution in [0.25, 0.3) is 0 Å². The molecule has 3 fully saturated rings. The van der Waals surface area contributed by atoms with E-state index in [2.05, 4.69) is 0 Å². The van der Waals surface area contributed by atoms with Gasteiger partial charge in [0.05, 0.1) is 18.1 Å². The summed E-state index contributed by atoms with van der Waals surface area (Å²) in [6, 6.07) is 8.14. The minimum absolute atomic E-state index is 0.0897. The molecular weight excluding hydrogens is 516 g/mol. The van der Waals surface area contributed by atoms with Gasteiger partial charge >= 0.3 is 11.9 Å². The Hall–Kier alpha value is -2.88. The van der Waals surface area contributed by atoms with Gasteiger partial charge in [0, 0.05) is 23.7 Å². The summed E-state index contributed by atoms with van der Waals surface area (Å²) >= 11 is 0. The first-order valence-corrected chi connectivity index (χ1v) is 13.8. The van der Waals surface area contributed by atoms with E-state index in [0.717, 1.165) is 0 Å². The lowest BCUT2D eigenvalue weighted by atomic mass is 9.42. The fourth-order valence-corrected chi connectivity index (χ4v) is 8.40. The van der Waals surface area contributed by atoms with Gasteiger partial charge in [-0.3, -0.25) is 14.4 Å². The molecule has 0 radical (unpaired) electrons. The maximum atomic E-state index is 14.7. The lowest BCUT2D eigenvalue weighted by Crippen LogP contribution is -2.82. The van der Waals surface area contributed by atoms with Crippen molar-refractivity contribution in [1.29, 1.82) is 0 Å². The molecule has 216 valence electrons. The van der Waals surface area contributed by atoms with Crippen LogP contribution in [0.2, 0.25) is 0 Å². The summed E-state index contributed by atoms with van der Waals surface area (Å²) in [5.41, 5.74) is -5.73. The van der Waals surface area contributed by atoms with E-state index in [0.29, 0.717) is 12.0 Å². The molecule has 1 heterocycles. The molecule has 0 amide bonds. The molecule has 9 nitrogen and oxygen atoms in total. The largest absolute Gasteiger partial charge is 0.455 e. The Balaban J connectivity index is 1.85. The first-order valence-electron chi connectivity index (χ1n) is 13.8. The van der Waals surface area contributed by atoms with Gasteiger partial charge in [-0.1, -0.05) is 52.8 Å². The summed E-state index contributed by atoms with van der Waals surface area (Å²) < 4.78 is 18.1. The SMILES string of the molecule is CC(=O)O[C@@]12COC1C[C@H](C)[C@@]1(C)C(=O)[C@H](C)C3=C(C)C(=O)[C@H](O)[C@@](O)([C@@H](OC(=O)c4ccccc4)[C@@H]12)C3(C)C. The van der Waals surface area contributed by atoms with Gasteiger partial charge in [0.2, 0.25) is 0 Å². The summed E-state index contributed by atoms with van der Waals surface area (Å²) in [5, 5.41) is 24.4. The zero-order chi connectivity index (χ0) is 29.6. The van der Waals surface area contributed by atoms with E-state index in [-0.39, 0.29) is 29.4 Å². The number of benzene rings is 1. The summed E-state index contributed by atoms with van der Waals surface area (Å²) in [4.78, 5) is 54.5. The minimum atomic E-state index is -2.38. The second kappa shape index (κ2) is 9.06.